The van der Waals surface area contributed by atoms with Gasteiger partial charge in [0, 0.05) is 30.6 Å². The lowest BCUT2D eigenvalue weighted by atomic mass is 10.1. The van der Waals surface area contributed by atoms with Gasteiger partial charge in [-0.1, -0.05) is 0 Å². The molecule has 0 aromatic heterocycles. The predicted molar refractivity (Wildman–Crippen MR) is 95.2 cm³/mol. The fraction of sp³-hybridized carbons (Fsp3) is 0.684. The van der Waals surface area contributed by atoms with Gasteiger partial charge in [-0.2, -0.15) is 0 Å². The van der Waals surface area contributed by atoms with Gasteiger partial charge in [0.25, 0.3) is 0 Å². The second kappa shape index (κ2) is 8.08. The molecule has 3 rings (SSSR count). The topological polar surface area (TPSA) is 34.2 Å². The first-order valence-electron chi connectivity index (χ1n) is 9.02. The average molecular weight is 334 g/mol. The van der Waals surface area contributed by atoms with Crippen LogP contribution in [0.5, 0.6) is 17.2 Å². The van der Waals surface area contributed by atoms with Crippen LogP contribution in [0.15, 0.2) is 12.1 Å². The van der Waals surface area contributed by atoms with Crippen molar-refractivity contribution >= 4 is 0 Å². The molecule has 1 atom stereocenters. The number of hydrogen-bond donors (Lipinski definition) is 0. The Bertz CT molecular complexity index is 548. The number of ether oxygens (including phenoxy) is 3. The summed E-state index contributed by atoms with van der Waals surface area (Å²) in [7, 11) is 6.10. The third-order valence-electron chi connectivity index (χ3n) is 5.07. The van der Waals surface area contributed by atoms with Gasteiger partial charge in [0.2, 0.25) is 0 Å². The van der Waals surface area contributed by atoms with Gasteiger partial charge >= 0.3 is 0 Å². The molecule has 2 heterocycles. The van der Waals surface area contributed by atoms with Crippen molar-refractivity contribution < 1.29 is 14.2 Å². The second-order valence-electron chi connectivity index (χ2n) is 6.99. The first-order valence-corrected chi connectivity index (χ1v) is 9.02. The Labute approximate surface area is 145 Å². The van der Waals surface area contributed by atoms with Crippen molar-refractivity contribution in [3.63, 3.8) is 0 Å². The van der Waals surface area contributed by atoms with E-state index in [2.05, 4.69) is 30.0 Å². The van der Waals surface area contributed by atoms with Crippen molar-refractivity contribution in [3.8, 4) is 17.2 Å². The zero-order chi connectivity index (χ0) is 16.9. The van der Waals surface area contributed by atoms with Crippen molar-refractivity contribution in [2.24, 2.45) is 0 Å². The Hall–Kier alpha value is -1.46. The van der Waals surface area contributed by atoms with E-state index >= 15 is 0 Å². The molecule has 1 fully saturated rings. The summed E-state index contributed by atoms with van der Waals surface area (Å²) in [6, 6.07) is 4.78. The average Bonchev–Trinajstić information content (AvgIpc) is 2.94. The fourth-order valence-corrected chi connectivity index (χ4v) is 3.60. The molecule has 5 nitrogen and oxygen atoms in total. The van der Waals surface area contributed by atoms with E-state index in [-0.39, 0.29) is 0 Å². The molecule has 0 bridgehead atoms. The summed E-state index contributed by atoms with van der Waals surface area (Å²) in [5, 5.41) is 0. The van der Waals surface area contributed by atoms with E-state index in [9.17, 15) is 0 Å². The van der Waals surface area contributed by atoms with E-state index in [4.69, 9.17) is 14.2 Å². The lowest BCUT2D eigenvalue weighted by molar-refractivity contribution is 0.243. The molecule has 0 N–H and O–H groups in total. The number of rotatable bonds is 4. The summed E-state index contributed by atoms with van der Waals surface area (Å²) in [5.41, 5.74) is 1.19. The molecule has 1 saturated heterocycles. The van der Waals surface area contributed by atoms with E-state index in [0.29, 0.717) is 19.3 Å². The minimum absolute atomic E-state index is 0.695. The van der Waals surface area contributed by atoms with Gasteiger partial charge in [0.15, 0.2) is 11.5 Å². The molecular formula is C19H30N2O3. The monoisotopic (exact) mass is 334 g/mol. The number of benzene rings is 1. The maximum atomic E-state index is 5.85. The Morgan fingerprint density at radius 3 is 2.54 bits per heavy atom. The van der Waals surface area contributed by atoms with Crippen LogP contribution < -0.4 is 14.2 Å². The summed E-state index contributed by atoms with van der Waals surface area (Å²) in [4.78, 5) is 4.89. The number of hydrogen-bond acceptors (Lipinski definition) is 5. The maximum Gasteiger partial charge on any atom is 0.164 e. The summed E-state index contributed by atoms with van der Waals surface area (Å²) in [5.74, 6) is 2.55. The normalized spacial score (nSPS) is 22.1. The van der Waals surface area contributed by atoms with E-state index in [1.807, 2.05) is 6.07 Å². The molecule has 0 radical (unpaired) electrons. The van der Waals surface area contributed by atoms with Crippen molar-refractivity contribution in [2.45, 2.75) is 38.3 Å². The Morgan fingerprint density at radius 2 is 1.83 bits per heavy atom. The molecule has 0 saturated carbocycles. The summed E-state index contributed by atoms with van der Waals surface area (Å²) >= 11 is 0. The minimum atomic E-state index is 0.695. The molecule has 0 unspecified atom stereocenters. The molecular weight excluding hydrogens is 304 g/mol. The Kier molecular flexibility index (Phi) is 5.85. The van der Waals surface area contributed by atoms with Gasteiger partial charge in [-0.05, 0) is 52.5 Å². The lowest BCUT2D eigenvalue weighted by Crippen LogP contribution is -2.30. The Balaban J connectivity index is 1.73. The van der Waals surface area contributed by atoms with Gasteiger partial charge < -0.3 is 19.1 Å². The standard InChI is InChI=1S/C19H30N2O3/c1-20(2)16-6-4-8-21(9-7-16)14-15-12-18-19(13-17(15)22-3)24-11-5-10-23-18/h12-13,16H,4-11,14H2,1-3H3/t16-/m1/s1. The fourth-order valence-electron chi connectivity index (χ4n) is 3.60. The first-order chi connectivity index (χ1) is 11.7. The van der Waals surface area contributed by atoms with Gasteiger partial charge in [-0.15, -0.1) is 0 Å². The largest absolute Gasteiger partial charge is 0.496 e. The van der Waals surface area contributed by atoms with Crippen LogP contribution in [0.3, 0.4) is 0 Å². The van der Waals surface area contributed by atoms with E-state index in [1.54, 1.807) is 7.11 Å². The number of likely N-dealkylation sites (tertiary alicyclic amines) is 1. The highest BCUT2D eigenvalue weighted by molar-refractivity contribution is 5.51. The van der Waals surface area contributed by atoms with Crippen LogP contribution >= 0.6 is 0 Å². The van der Waals surface area contributed by atoms with Crippen molar-refractivity contribution in [1.82, 2.24) is 9.80 Å². The zero-order valence-electron chi connectivity index (χ0n) is 15.2. The van der Waals surface area contributed by atoms with Crippen molar-refractivity contribution in [3.05, 3.63) is 17.7 Å². The highest BCUT2D eigenvalue weighted by atomic mass is 16.5. The van der Waals surface area contributed by atoms with Crippen LogP contribution in [0.25, 0.3) is 0 Å². The highest BCUT2D eigenvalue weighted by Gasteiger charge is 2.21. The molecule has 1 aromatic carbocycles. The van der Waals surface area contributed by atoms with Gasteiger partial charge in [-0.25, -0.2) is 0 Å². The van der Waals surface area contributed by atoms with Crippen LogP contribution in [-0.2, 0) is 6.54 Å². The smallest absolute Gasteiger partial charge is 0.164 e. The first kappa shape index (κ1) is 17.4. The Morgan fingerprint density at radius 1 is 1.08 bits per heavy atom. The van der Waals surface area contributed by atoms with E-state index in [0.717, 1.165) is 43.3 Å². The van der Waals surface area contributed by atoms with E-state index < -0.39 is 0 Å². The predicted octanol–water partition coefficient (Wildman–Crippen LogP) is 2.77. The third kappa shape index (κ3) is 4.14. The quantitative estimate of drug-likeness (QED) is 0.846. The molecule has 1 aromatic rings. The maximum absolute atomic E-state index is 5.85. The van der Waals surface area contributed by atoms with Gasteiger partial charge in [0.1, 0.15) is 5.75 Å². The number of fused-ring (bicyclic) bond motifs is 1. The highest BCUT2D eigenvalue weighted by Crippen LogP contribution is 2.37. The molecule has 0 spiro atoms. The molecule has 2 aliphatic rings. The van der Waals surface area contributed by atoms with Crippen LogP contribution in [0.4, 0.5) is 0 Å². The summed E-state index contributed by atoms with van der Waals surface area (Å²) < 4.78 is 17.2. The van der Waals surface area contributed by atoms with Crippen LogP contribution in [0.2, 0.25) is 0 Å². The van der Waals surface area contributed by atoms with Crippen molar-refractivity contribution in [1.29, 1.82) is 0 Å². The van der Waals surface area contributed by atoms with Gasteiger partial charge in [-0.3, -0.25) is 4.90 Å². The van der Waals surface area contributed by atoms with Crippen molar-refractivity contribution in [2.75, 3.05) is 47.5 Å². The van der Waals surface area contributed by atoms with E-state index in [1.165, 1.54) is 24.8 Å². The molecule has 5 heteroatoms. The molecule has 134 valence electrons. The number of methoxy groups -OCH3 is 1. The van der Waals surface area contributed by atoms with Gasteiger partial charge in [0.05, 0.1) is 20.3 Å². The van der Waals surface area contributed by atoms with Crippen LogP contribution in [-0.4, -0.2) is 63.4 Å². The summed E-state index contributed by atoms with van der Waals surface area (Å²) in [6.45, 7) is 4.59. The second-order valence-corrected chi connectivity index (χ2v) is 6.99. The minimum Gasteiger partial charge on any atom is -0.496 e. The van der Waals surface area contributed by atoms with Crippen LogP contribution in [0, 0.1) is 0 Å². The molecule has 2 aliphatic heterocycles. The number of nitrogens with zero attached hydrogens (tertiary/aromatic N) is 2. The molecule has 0 amide bonds. The zero-order valence-corrected chi connectivity index (χ0v) is 15.2. The summed E-state index contributed by atoms with van der Waals surface area (Å²) in [6.07, 6.45) is 4.67. The third-order valence-corrected chi connectivity index (χ3v) is 5.07. The SMILES string of the molecule is COc1cc2c(cc1CN1CCC[C@@H](N(C)C)CC1)OCCCO2. The lowest BCUT2D eigenvalue weighted by Gasteiger charge is -2.24. The molecule has 24 heavy (non-hydrogen) atoms. The molecule has 0 aliphatic carbocycles. The van der Waals surface area contributed by atoms with Crippen LogP contribution in [0.1, 0.15) is 31.2 Å².